The van der Waals surface area contributed by atoms with E-state index >= 15 is 0 Å². The number of likely N-dealkylation sites (N-methyl/N-ethyl adjacent to an activating group) is 1. The van der Waals surface area contributed by atoms with Crippen molar-refractivity contribution in [1.29, 1.82) is 0 Å². The van der Waals surface area contributed by atoms with E-state index in [0.717, 1.165) is 52.7 Å². The summed E-state index contributed by atoms with van der Waals surface area (Å²) in [6, 6.07) is 10.7. The molecule has 5 rings (SSSR count). The van der Waals surface area contributed by atoms with Crippen molar-refractivity contribution in [3.8, 4) is 5.75 Å². The van der Waals surface area contributed by atoms with E-state index in [1.165, 1.54) is 12.8 Å². The minimum atomic E-state index is -0.374. The van der Waals surface area contributed by atoms with E-state index in [1.807, 2.05) is 30.3 Å². The summed E-state index contributed by atoms with van der Waals surface area (Å²) >= 11 is 0. The lowest BCUT2D eigenvalue weighted by atomic mass is 9.89. The van der Waals surface area contributed by atoms with Crippen LogP contribution >= 0.6 is 0 Å². The van der Waals surface area contributed by atoms with Crippen molar-refractivity contribution in [1.82, 2.24) is 15.1 Å². The van der Waals surface area contributed by atoms with Crippen LogP contribution in [0.15, 0.2) is 41.0 Å². The van der Waals surface area contributed by atoms with E-state index in [2.05, 4.69) is 29.2 Å². The number of likely N-dealkylation sites (tertiary alicyclic amines) is 1. The van der Waals surface area contributed by atoms with Crippen LogP contribution in [0, 0.1) is 0 Å². The Morgan fingerprint density at radius 1 is 1.15 bits per heavy atom. The monoisotopic (exact) mass is 449 g/mol. The van der Waals surface area contributed by atoms with E-state index in [-0.39, 0.29) is 17.7 Å². The van der Waals surface area contributed by atoms with Gasteiger partial charge in [0.25, 0.3) is 0 Å². The fraction of sp³-hybridized carbons (Fsp3) is 0.462. The molecule has 1 aromatic heterocycles. The molecule has 2 saturated heterocycles. The Labute approximate surface area is 193 Å². The molecule has 0 spiro atoms. The second-order valence-corrected chi connectivity index (χ2v) is 9.38. The number of furan rings is 1. The number of nitrogens with zero attached hydrogens (tertiary/aromatic N) is 2. The molecule has 2 aliphatic heterocycles. The van der Waals surface area contributed by atoms with Crippen LogP contribution in [0.2, 0.25) is 0 Å². The van der Waals surface area contributed by atoms with Crippen LogP contribution in [0.4, 0.5) is 0 Å². The van der Waals surface area contributed by atoms with Crippen molar-refractivity contribution in [2.24, 2.45) is 0 Å². The summed E-state index contributed by atoms with van der Waals surface area (Å²) in [6.07, 6.45) is 4.92. The van der Waals surface area contributed by atoms with Gasteiger partial charge in [0.15, 0.2) is 0 Å². The molecule has 1 atom stereocenters. The molecule has 2 amide bonds. The first-order chi connectivity index (χ1) is 16.0. The summed E-state index contributed by atoms with van der Waals surface area (Å²) < 4.78 is 11.9. The lowest BCUT2D eigenvalue weighted by Gasteiger charge is -2.35. The van der Waals surface area contributed by atoms with Crippen molar-refractivity contribution in [3.05, 3.63) is 42.2 Å². The molecule has 0 saturated carbocycles. The molecule has 7 nitrogen and oxygen atoms in total. The van der Waals surface area contributed by atoms with Crippen LogP contribution < -0.4 is 10.1 Å². The molecule has 3 heterocycles. The molecule has 0 aliphatic carbocycles. The number of carbonyl (C=O) groups is 2. The zero-order valence-electron chi connectivity index (χ0n) is 19.3. The SMILES string of the molecule is CN1CCC(N(C)CCOc2ccc3c(ccc4occ([C@H]5CCC(=O)NC5=O)c43)c2)CC1. The first-order valence-corrected chi connectivity index (χ1v) is 11.8. The fourth-order valence-corrected chi connectivity index (χ4v) is 5.13. The molecule has 2 aromatic carbocycles. The maximum absolute atomic E-state index is 12.4. The van der Waals surface area contributed by atoms with Gasteiger partial charge in [0, 0.05) is 30.0 Å². The average Bonchev–Trinajstić information content (AvgIpc) is 3.23. The number of imide groups is 1. The van der Waals surface area contributed by atoms with Gasteiger partial charge in [-0.25, -0.2) is 0 Å². The number of ether oxygens (including phenoxy) is 1. The zero-order valence-corrected chi connectivity index (χ0v) is 19.3. The zero-order chi connectivity index (χ0) is 22.9. The van der Waals surface area contributed by atoms with Crippen LogP contribution in [0.3, 0.4) is 0 Å². The number of hydrogen-bond acceptors (Lipinski definition) is 6. The molecule has 2 aliphatic rings. The van der Waals surface area contributed by atoms with E-state index in [9.17, 15) is 9.59 Å². The molecule has 7 heteroatoms. The maximum atomic E-state index is 12.4. The minimum Gasteiger partial charge on any atom is -0.492 e. The Bertz CT molecular complexity index is 1180. The highest BCUT2D eigenvalue weighted by molar-refractivity contribution is 6.10. The van der Waals surface area contributed by atoms with Gasteiger partial charge in [-0.05, 0) is 81.5 Å². The van der Waals surface area contributed by atoms with Gasteiger partial charge >= 0.3 is 0 Å². The third kappa shape index (κ3) is 4.48. The normalized spacial score (nSPS) is 20.6. The number of amides is 2. The highest BCUT2D eigenvalue weighted by Gasteiger charge is 2.31. The van der Waals surface area contributed by atoms with Crippen LogP contribution in [0.5, 0.6) is 5.75 Å². The highest BCUT2D eigenvalue weighted by Crippen LogP contribution is 2.37. The number of fused-ring (bicyclic) bond motifs is 3. The molecule has 33 heavy (non-hydrogen) atoms. The number of benzene rings is 2. The number of rotatable bonds is 6. The smallest absolute Gasteiger partial charge is 0.234 e. The van der Waals surface area contributed by atoms with Gasteiger partial charge < -0.3 is 14.1 Å². The van der Waals surface area contributed by atoms with Gasteiger partial charge in [-0.2, -0.15) is 0 Å². The van der Waals surface area contributed by atoms with Crippen molar-refractivity contribution < 1.29 is 18.7 Å². The number of nitrogens with one attached hydrogen (secondary N) is 1. The first-order valence-electron chi connectivity index (χ1n) is 11.8. The summed E-state index contributed by atoms with van der Waals surface area (Å²) in [5.41, 5.74) is 1.59. The van der Waals surface area contributed by atoms with E-state index < -0.39 is 0 Å². The quantitative estimate of drug-likeness (QED) is 0.581. The van der Waals surface area contributed by atoms with Crippen LogP contribution in [0.1, 0.15) is 37.2 Å². The third-order valence-corrected chi connectivity index (χ3v) is 7.19. The molecule has 0 unspecified atom stereocenters. The standard InChI is InChI=1S/C26H31N3O4/c1-28-11-9-18(10-12-28)29(2)13-14-32-19-4-5-20-17(15-19)3-7-23-25(20)22(16-33-23)21-6-8-24(30)27-26(21)31/h3-5,7,15-16,18,21H,6,8-14H2,1-2H3,(H,27,30,31)/t21-/m1/s1. The van der Waals surface area contributed by atoms with Crippen molar-refractivity contribution in [2.75, 3.05) is 40.3 Å². The van der Waals surface area contributed by atoms with Crippen LogP contribution in [-0.4, -0.2) is 68.0 Å². The van der Waals surface area contributed by atoms with Crippen molar-refractivity contribution in [3.63, 3.8) is 0 Å². The first kappa shape index (κ1) is 21.9. The predicted octanol–water partition coefficient (Wildman–Crippen LogP) is 3.51. The van der Waals surface area contributed by atoms with Gasteiger partial charge in [-0.1, -0.05) is 6.07 Å². The Kier molecular flexibility index (Phi) is 6.08. The van der Waals surface area contributed by atoms with E-state index in [0.29, 0.717) is 25.5 Å². The summed E-state index contributed by atoms with van der Waals surface area (Å²) in [4.78, 5) is 28.8. The van der Waals surface area contributed by atoms with Gasteiger partial charge in [-0.3, -0.25) is 19.8 Å². The minimum absolute atomic E-state index is 0.211. The Hall–Kier alpha value is -2.90. The average molecular weight is 450 g/mol. The van der Waals surface area contributed by atoms with Crippen LogP contribution in [0.25, 0.3) is 21.7 Å². The van der Waals surface area contributed by atoms with Crippen molar-refractivity contribution >= 4 is 33.6 Å². The van der Waals surface area contributed by atoms with Crippen molar-refractivity contribution in [2.45, 2.75) is 37.6 Å². The van der Waals surface area contributed by atoms with E-state index in [1.54, 1.807) is 6.26 Å². The molecule has 2 fully saturated rings. The Balaban J connectivity index is 1.31. The molecular weight excluding hydrogens is 418 g/mol. The fourth-order valence-electron chi connectivity index (χ4n) is 5.13. The maximum Gasteiger partial charge on any atom is 0.234 e. The molecule has 0 radical (unpaired) electrons. The topological polar surface area (TPSA) is 75.0 Å². The summed E-state index contributed by atoms with van der Waals surface area (Å²) in [5, 5.41) is 5.46. The Morgan fingerprint density at radius 3 is 2.76 bits per heavy atom. The molecule has 174 valence electrons. The van der Waals surface area contributed by atoms with Crippen LogP contribution in [-0.2, 0) is 9.59 Å². The predicted molar refractivity (Wildman–Crippen MR) is 127 cm³/mol. The largest absolute Gasteiger partial charge is 0.492 e. The third-order valence-electron chi connectivity index (χ3n) is 7.19. The second-order valence-electron chi connectivity index (χ2n) is 9.38. The number of carbonyl (C=O) groups excluding carboxylic acids is 2. The highest BCUT2D eigenvalue weighted by atomic mass is 16.5. The number of hydrogen-bond donors (Lipinski definition) is 1. The molecular formula is C26H31N3O4. The number of piperidine rings is 2. The van der Waals surface area contributed by atoms with Gasteiger partial charge in [0.1, 0.15) is 17.9 Å². The van der Waals surface area contributed by atoms with Gasteiger partial charge in [0.05, 0.1) is 12.2 Å². The molecule has 0 bridgehead atoms. The summed E-state index contributed by atoms with van der Waals surface area (Å²) in [6.45, 7) is 3.85. The summed E-state index contributed by atoms with van der Waals surface area (Å²) in [7, 11) is 4.37. The van der Waals surface area contributed by atoms with Gasteiger partial charge in [-0.15, -0.1) is 0 Å². The lowest BCUT2D eigenvalue weighted by molar-refractivity contribution is -0.134. The second kappa shape index (κ2) is 9.15. The molecule has 1 N–H and O–H groups in total. The van der Waals surface area contributed by atoms with Gasteiger partial charge in [0.2, 0.25) is 11.8 Å². The Morgan fingerprint density at radius 2 is 1.97 bits per heavy atom. The lowest BCUT2D eigenvalue weighted by Crippen LogP contribution is -2.43. The van der Waals surface area contributed by atoms with E-state index in [4.69, 9.17) is 9.15 Å². The molecule has 3 aromatic rings. The summed E-state index contributed by atoms with van der Waals surface area (Å²) in [5.74, 6) is 0.00192.